The summed E-state index contributed by atoms with van der Waals surface area (Å²) < 4.78 is 0. The lowest BCUT2D eigenvalue weighted by Gasteiger charge is -2.31. The van der Waals surface area contributed by atoms with Crippen molar-refractivity contribution in [3.63, 3.8) is 0 Å². The molecule has 4 nitrogen and oxygen atoms in total. The van der Waals surface area contributed by atoms with Crippen LogP contribution in [0, 0.1) is 18.3 Å². The Balaban J connectivity index is 1.79. The van der Waals surface area contributed by atoms with Crippen LogP contribution in [0.15, 0.2) is 16.8 Å². The minimum Gasteiger partial charge on any atom is -0.384 e. The van der Waals surface area contributed by atoms with E-state index in [0.717, 1.165) is 31.5 Å². The molecule has 0 saturated carbocycles. The summed E-state index contributed by atoms with van der Waals surface area (Å²) in [6.07, 6.45) is 6.95. The molecule has 1 aliphatic rings. The van der Waals surface area contributed by atoms with E-state index in [1.807, 2.05) is 16.8 Å². The number of nitrogens with zero attached hydrogens (tertiary/aromatic N) is 1. The molecule has 0 aliphatic carbocycles. The van der Waals surface area contributed by atoms with Gasteiger partial charge in [0.1, 0.15) is 5.60 Å². The van der Waals surface area contributed by atoms with Crippen molar-refractivity contribution in [1.29, 1.82) is 0 Å². The number of piperidine rings is 1. The number of thiophene rings is 1. The van der Waals surface area contributed by atoms with Gasteiger partial charge >= 0.3 is 0 Å². The van der Waals surface area contributed by atoms with Crippen LogP contribution in [0.4, 0.5) is 0 Å². The van der Waals surface area contributed by atoms with Crippen LogP contribution in [0.5, 0.6) is 0 Å². The Morgan fingerprint density at radius 1 is 1.62 bits per heavy atom. The van der Waals surface area contributed by atoms with E-state index in [1.165, 1.54) is 11.3 Å². The predicted molar refractivity (Wildman–Crippen MR) is 84.9 cm³/mol. The average molecular weight is 306 g/mol. The summed E-state index contributed by atoms with van der Waals surface area (Å²) in [5.41, 5.74) is -0.170. The molecule has 1 unspecified atom stereocenters. The number of rotatable bonds is 5. The van der Waals surface area contributed by atoms with Gasteiger partial charge in [0.2, 0.25) is 5.91 Å². The summed E-state index contributed by atoms with van der Waals surface area (Å²) in [6, 6.07) is 1.88. The van der Waals surface area contributed by atoms with Gasteiger partial charge in [-0.1, -0.05) is 5.92 Å². The predicted octanol–water partition coefficient (Wildman–Crippen LogP) is 1.42. The lowest BCUT2D eigenvalue weighted by molar-refractivity contribution is -0.127. The van der Waals surface area contributed by atoms with Gasteiger partial charge in [-0.15, -0.1) is 6.42 Å². The minimum atomic E-state index is -1.01. The molecule has 1 aliphatic heterocycles. The van der Waals surface area contributed by atoms with Crippen molar-refractivity contribution in [2.75, 3.05) is 26.2 Å². The van der Waals surface area contributed by atoms with Gasteiger partial charge < -0.3 is 10.4 Å². The van der Waals surface area contributed by atoms with Gasteiger partial charge in [-0.3, -0.25) is 9.69 Å². The minimum absolute atomic E-state index is 0.0253. The van der Waals surface area contributed by atoms with Crippen LogP contribution in [-0.2, 0) is 10.4 Å². The van der Waals surface area contributed by atoms with Crippen molar-refractivity contribution in [1.82, 2.24) is 10.2 Å². The van der Waals surface area contributed by atoms with Crippen LogP contribution in [-0.4, -0.2) is 42.1 Å². The van der Waals surface area contributed by atoms with E-state index in [2.05, 4.69) is 16.1 Å². The molecule has 2 rings (SSSR count). The van der Waals surface area contributed by atoms with Crippen molar-refractivity contribution >= 4 is 17.2 Å². The fourth-order valence-corrected chi connectivity index (χ4v) is 3.34. The normalized spacial score (nSPS) is 19.7. The van der Waals surface area contributed by atoms with Crippen LogP contribution < -0.4 is 5.32 Å². The third kappa shape index (κ3) is 4.31. The van der Waals surface area contributed by atoms with Crippen molar-refractivity contribution in [2.45, 2.75) is 25.4 Å². The molecule has 1 aromatic rings. The lowest BCUT2D eigenvalue weighted by Crippen LogP contribution is -2.44. The van der Waals surface area contributed by atoms with E-state index in [0.29, 0.717) is 6.54 Å². The zero-order valence-electron chi connectivity index (χ0n) is 12.3. The van der Waals surface area contributed by atoms with Gasteiger partial charge in [0.15, 0.2) is 0 Å². The zero-order valence-corrected chi connectivity index (χ0v) is 13.2. The van der Waals surface area contributed by atoms with Crippen LogP contribution >= 0.6 is 11.3 Å². The summed E-state index contributed by atoms with van der Waals surface area (Å²) in [7, 11) is 0. The molecule has 21 heavy (non-hydrogen) atoms. The van der Waals surface area contributed by atoms with Crippen molar-refractivity contribution < 1.29 is 9.90 Å². The molecular formula is C16H22N2O2S. The van der Waals surface area contributed by atoms with Gasteiger partial charge in [0, 0.05) is 5.92 Å². The van der Waals surface area contributed by atoms with Crippen LogP contribution in [0.25, 0.3) is 0 Å². The summed E-state index contributed by atoms with van der Waals surface area (Å²) in [6.45, 7) is 4.35. The van der Waals surface area contributed by atoms with Crippen molar-refractivity contribution in [3.8, 4) is 12.3 Å². The molecule has 5 heteroatoms. The van der Waals surface area contributed by atoms with E-state index in [-0.39, 0.29) is 18.4 Å². The second-order valence-electron chi connectivity index (χ2n) is 5.76. The molecule has 2 heterocycles. The first kappa shape index (κ1) is 16.0. The number of hydrogen-bond acceptors (Lipinski definition) is 4. The maximum Gasteiger partial charge on any atom is 0.223 e. The molecule has 0 spiro atoms. The Bertz CT molecular complexity index is 497. The summed E-state index contributed by atoms with van der Waals surface area (Å²) >= 11 is 1.54. The number of nitrogens with one attached hydrogen (secondary N) is 1. The zero-order chi connectivity index (χ0) is 15.3. The Kier molecular flexibility index (Phi) is 5.40. The van der Waals surface area contributed by atoms with E-state index in [1.54, 1.807) is 6.92 Å². The Labute approximate surface area is 130 Å². The van der Waals surface area contributed by atoms with Gasteiger partial charge in [-0.05, 0) is 55.2 Å². The highest BCUT2D eigenvalue weighted by molar-refractivity contribution is 7.08. The van der Waals surface area contributed by atoms with Crippen LogP contribution in [0.2, 0.25) is 0 Å². The van der Waals surface area contributed by atoms with Gasteiger partial charge in [-0.25, -0.2) is 0 Å². The number of likely N-dealkylation sites (tertiary alicyclic amines) is 1. The topological polar surface area (TPSA) is 52.6 Å². The molecule has 0 radical (unpaired) electrons. The first-order valence-corrected chi connectivity index (χ1v) is 8.16. The first-order chi connectivity index (χ1) is 10.0. The SMILES string of the molecule is C#CCN1CCC(C(=O)NCC(C)(O)c2ccsc2)CC1. The molecule has 1 atom stereocenters. The molecule has 114 valence electrons. The number of amides is 1. The van der Waals surface area contributed by atoms with E-state index in [4.69, 9.17) is 6.42 Å². The molecule has 1 fully saturated rings. The number of hydrogen-bond donors (Lipinski definition) is 2. The maximum atomic E-state index is 12.2. The molecule has 2 N–H and O–H groups in total. The standard InChI is InChI=1S/C16H22N2O2S/c1-3-7-18-8-4-13(5-9-18)15(19)17-12-16(2,20)14-6-10-21-11-14/h1,6,10-11,13,20H,4-5,7-9,12H2,2H3,(H,17,19). The highest BCUT2D eigenvalue weighted by atomic mass is 32.1. The molecule has 1 aromatic heterocycles. The number of carbonyl (C=O) groups excluding carboxylic acids is 1. The first-order valence-electron chi connectivity index (χ1n) is 7.21. The lowest BCUT2D eigenvalue weighted by atomic mass is 9.94. The number of carbonyl (C=O) groups is 1. The van der Waals surface area contributed by atoms with Gasteiger partial charge in [0.05, 0.1) is 13.1 Å². The molecule has 0 aromatic carbocycles. The average Bonchev–Trinajstić information content (AvgIpc) is 3.01. The molecule has 0 bridgehead atoms. The largest absolute Gasteiger partial charge is 0.384 e. The molecule has 1 amide bonds. The summed E-state index contributed by atoms with van der Waals surface area (Å²) in [5.74, 6) is 2.69. The quantitative estimate of drug-likeness (QED) is 0.809. The van der Waals surface area contributed by atoms with Crippen LogP contribution in [0.3, 0.4) is 0 Å². The Morgan fingerprint density at radius 2 is 2.33 bits per heavy atom. The highest BCUT2D eigenvalue weighted by Crippen LogP contribution is 2.23. The van der Waals surface area contributed by atoms with E-state index < -0.39 is 5.60 Å². The Hall–Kier alpha value is -1.35. The maximum absolute atomic E-state index is 12.2. The van der Waals surface area contributed by atoms with Crippen molar-refractivity contribution in [2.24, 2.45) is 5.92 Å². The highest BCUT2D eigenvalue weighted by Gasteiger charge is 2.28. The Morgan fingerprint density at radius 3 is 2.90 bits per heavy atom. The van der Waals surface area contributed by atoms with Crippen molar-refractivity contribution in [3.05, 3.63) is 22.4 Å². The molecular weight excluding hydrogens is 284 g/mol. The third-order valence-electron chi connectivity index (χ3n) is 4.02. The van der Waals surface area contributed by atoms with Crippen LogP contribution in [0.1, 0.15) is 25.3 Å². The third-order valence-corrected chi connectivity index (χ3v) is 4.71. The molecule has 1 saturated heterocycles. The van der Waals surface area contributed by atoms with E-state index >= 15 is 0 Å². The number of aliphatic hydroxyl groups is 1. The summed E-state index contributed by atoms with van der Waals surface area (Å²) in [5, 5.41) is 17.1. The fraction of sp³-hybridized carbons (Fsp3) is 0.562. The second-order valence-corrected chi connectivity index (χ2v) is 6.54. The van der Waals surface area contributed by atoms with Gasteiger partial charge in [-0.2, -0.15) is 11.3 Å². The monoisotopic (exact) mass is 306 g/mol. The van der Waals surface area contributed by atoms with E-state index in [9.17, 15) is 9.90 Å². The fourth-order valence-electron chi connectivity index (χ4n) is 2.56. The smallest absolute Gasteiger partial charge is 0.223 e. The number of terminal acetylenes is 1. The summed E-state index contributed by atoms with van der Waals surface area (Å²) in [4.78, 5) is 14.4. The van der Waals surface area contributed by atoms with Gasteiger partial charge in [0.25, 0.3) is 0 Å². The second kappa shape index (κ2) is 7.08.